The number of ether oxygens (including phenoxy) is 1. The maximum absolute atomic E-state index is 13.8. The van der Waals surface area contributed by atoms with Gasteiger partial charge in [0.1, 0.15) is 5.58 Å². The minimum atomic E-state index is -0.988. The van der Waals surface area contributed by atoms with Crippen molar-refractivity contribution in [3.8, 4) is 11.5 Å². The largest absolute Gasteiger partial charge is 0.504 e. The number of rotatable bonds is 7. The van der Waals surface area contributed by atoms with E-state index in [0.717, 1.165) is 11.1 Å². The molecule has 0 aliphatic carbocycles. The monoisotopic (exact) mass is 498 g/mol. The average Bonchev–Trinajstić information content (AvgIpc) is 3.44. The number of benzene rings is 3. The summed E-state index contributed by atoms with van der Waals surface area (Å²) in [6, 6.07) is 19.6. The van der Waals surface area contributed by atoms with E-state index < -0.39 is 23.5 Å². The van der Waals surface area contributed by atoms with Crippen LogP contribution in [0.25, 0.3) is 11.0 Å². The van der Waals surface area contributed by atoms with Gasteiger partial charge in [0.15, 0.2) is 23.0 Å². The van der Waals surface area contributed by atoms with Crippen molar-refractivity contribution in [3.05, 3.63) is 95.5 Å². The van der Waals surface area contributed by atoms with Crippen LogP contribution < -0.4 is 14.5 Å². The predicted octanol–water partition coefficient (Wildman–Crippen LogP) is 5.39. The predicted molar refractivity (Wildman–Crippen MR) is 140 cm³/mol. The zero-order valence-electron chi connectivity index (χ0n) is 20.6. The van der Waals surface area contributed by atoms with Crippen LogP contribution in [0.1, 0.15) is 29.1 Å². The number of phenols is 1. The summed E-state index contributed by atoms with van der Waals surface area (Å²) in [6.45, 7) is 2.09. The second-order valence-electron chi connectivity index (χ2n) is 8.89. The third kappa shape index (κ3) is 4.16. The number of aromatic hydroxyl groups is 1. The molecule has 5 rings (SSSR count). The van der Waals surface area contributed by atoms with Gasteiger partial charge in [-0.15, -0.1) is 0 Å². The molecule has 0 saturated heterocycles. The van der Waals surface area contributed by atoms with E-state index in [1.165, 1.54) is 11.0 Å². The Kier molecular flexibility index (Phi) is 6.09. The summed E-state index contributed by atoms with van der Waals surface area (Å²) >= 11 is 0. The van der Waals surface area contributed by atoms with Crippen LogP contribution in [0.2, 0.25) is 0 Å². The average molecular weight is 499 g/mol. The molecular weight excluding hydrogens is 472 g/mol. The lowest BCUT2D eigenvalue weighted by Crippen LogP contribution is -2.31. The van der Waals surface area contributed by atoms with Crippen LogP contribution in [0.3, 0.4) is 0 Å². The number of ketones is 1. The van der Waals surface area contributed by atoms with E-state index in [2.05, 4.69) is 0 Å². The number of phenolic OH excluding ortho intramolecular Hbond substituents is 1. The minimum absolute atomic E-state index is 0.00849. The highest BCUT2D eigenvalue weighted by atomic mass is 16.5. The van der Waals surface area contributed by atoms with Crippen LogP contribution in [0.15, 0.2) is 88.5 Å². The second-order valence-corrected chi connectivity index (χ2v) is 8.89. The zero-order valence-corrected chi connectivity index (χ0v) is 20.6. The first-order chi connectivity index (χ1) is 17.8. The molecule has 188 valence electrons. The summed E-state index contributed by atoms with van der Waals surface area (Å²) in [4.78, 5) is 30.5. The molecule has 8 heteroatoms. The van der Waals surface area contributed by atoms with E-state index in [0.29, 0.717) is 23.4 Å². The molecule has 1 amide bonds. The molecule has 1 atom stereocenters. The van der Waals surface area contributed by atoms with Gasteiger partial charge in [0.2, 0.25) is 5.78 Å². The number of hydrogen-bond donors (Lipinski definition) is 2. The second kappa shape index (κ2) is 9.39. The normalized spacial score (nSPS) is 15.5. The van der Waals surface area contributed by atoms with E-state index in [4.69, 9.17) is 9.15 Å². The molecule has 4 aromatic rings. The molecule has 1 aliphatic rings. The topological polar surface area (TPSA) is 103 Å². The van der Waals surface area contributed by atoms with Gasteiger partial charge in [-0.05, 0) is 61.0 Å². The number of nitrogens with zero attached hydrogens (tertiary/aromatic N) is 2. The Morgan fingerprint density at radius 1 is 1.03 bits per heavy atom. The van der Waals surface area contributed by atoms with Gasteiger partial charge in [-0.3, -0.25) is 14.5 Å². The van der Waals surface area contributed by atoms with Gasteiger partial charge in [-0.2, -0.15) is 0 Å². The summed E-state index contributed by atoms with van der Waals surface area (Å²) in [6.07, 6.45) is 0. The summed E-state index contributed by atoms with van der Waals surface area (Å²) in [7, 11) is 3.81. The number of hydrogen-bond acceptors (Lipinski definition) is 7. The van der Waals surface area contributed by atoms with E-state index in [1.807, 2.05) is 43.3 Å². The van der Waals surface area contributed by atoms with Crippen molar-refractivity contribution in [3.63, 3.8) is 0 Å². The zero-order chi connectivity index (χ0) is 26.3. The third-order valence-electron chi connectivity index (χ3n) is 6.35. The number of fused-ring (bicyclic) bond motifs is 1. The number of aliphatic hydroxyl groups is 1. The Morgan fingerprint density at radius 3 is 2.43 bits per heavy atom. The molecule has 2 N–H and O–H groups in total. The molecule has 2 heterocycles. The van der Waals surface area contributed by atoms with Crippen LogP contribution in [0.4, 0.5) is 11.4 Å². The van der Waals surface area contributed by atoms with Crippen molar-refractivity contribution in [2.75, 3.05) is 30.5 Å². The Morgan fingerprint density at radius 2 is 1.76 bits per heavy atom. The molecule has 0 fully saturated rings. The van der Waals surface area contributed by atoms with Crippen molar-refractivity contribution in [2.45, 2.75) is 13.0 Å². The lowest BCUT2D eigenvalue weighted by molar-refractivity contribution is -0.117. The molecule has 8 nitrogen and oxygen atoms in total. The van der Waals surface area contributed by atoms with E-state index in [9.17, 15) is 19.8 Å². The fourth-order valence-electron chi connectivity index (χ4n) is 4.53. The Bertz CT molecular complexity index is 1500. The lowest BCUT2D eigenvalue weighted by atomic mass is 9.94. The van der Waals surface area contributed by atoms with E-state index >= 15 is 0 Å². The van der Waals surface area contributed by atoms with Crippen LogP contribution in [0, 0.1) is 0 Å². The van der Waals surface area contributed by atoms with Gasteiger partial charge in [0.25, 0.3) is 5.91 Å². The maximum Gasteiger partial charge on any atom is 0.294 e. The summed E-state index contributed by atoms with van der Waals surface area (Å²) in [5, 5.41) is 22.0. The molecule has 3 aromatic carbocycles. The Labute approximate surface area is 213 Å². The highest BCUT2D eigenvalue weighted by Gasteiger charge is 2.45. The molecule has 1 aromatic heterocycles. The first-order valence-electron chi connectivity index (χ1n) is 11.8. The van der Waals surface area contributed by atoms with Crippen molar-refractivity contribution < 1.29 is 29.0 Å². The van der Waals surface area contributed by atoms with Crippen LogP contribution in [-0.2, 0) is 4.79 Å². The van der Waals surface area contributed by atoms with Gasteiger partial charge in [0.05, 0.1) is 18.2 Å². The lowest BCUT2D eigenvalue weighted by Gasteiger charge is -2.27. The highest BCUT2D eigenvalue weighted by Crippen LogP contribution is 2.44. The SMILES string of the molecule is CCOc1cc(C2C(C(=O)c3cc4ccccc4o3)=C(O)C(=O)N2c2ccc(N(C)C)cc2)ccc1O. The molecule has 37 heavy (non-hydrogen) atoms. The fraction of sp³-hybridized carbons (Fsp3) is 0.172. The molecule has 1 unspecified atom stereocenters. The van der Waals surface area contributed by atoms with Crippen molar-refractivity contribution in [1.82, 2.24) is 0 Å². The standard InChI is InChI=1S/C29H26N2O6/c1-4-36-23-16-18(9-14-21(23)32)26-25(27(33)24-15-17-7-5-6-8-22(17)37-24)28(34)29(35)31(26)20-12-10-19(11-13-20)30(2)3/h5-16,26,32,34H,4H2,1-3H3. The van der Waals surface area contributed by atoms with Gasteiger partial charge < -0.3 is 24.3 Å². The fourth-order valence-corrected chi connectivity index (χ4v) is 4.53. The van der Waals surface area contributed by atoms with Crippen molar-refractivity contribution in [2.24, 2.45) is 0 Å². The maximum atomic E-state index is 13.8. The molecule has 0 bridgehead atoms. The number of carbonyl (C=O) groups is 2. The minimum Gasteiger partial charge on any atom is -0.504 e. The number of aliphatic hydroxyl groups excluding tert-OH is 1. The molecular formula is C29H26N2O6. The first kappa shape index (κ1) is 24.0. The van der Waals surface area contributed by atoms with Gasteiger partial charge >= 0.3 is 0 Å². The van der Waals surface area contributed by atoms with Crippen LogP contribution >= 0.6 is 0 Å². The number of amides is 1. The molecule has 0 radical (unpaired) electrons. The van der Waals surface area contributed by atoms with Crippen LogP contribution in [0.5, 0.6) is 11.5 Å². The highest BCUT2D eigenvalue weighted by molar-refractivity contribution is 6.20. The summed E-state index contributed by atoms with van der Waals surface area (Å²) in [5.41, 5.74) is 2.30. The van der Waals surface area contributed by atoms with Gasteiger partial charge in [0, 0.05) is 30.9 Å². The van der Waals surface area contributed by atoms with Gasteiger partial charge in [-0.25, -0.2) is 0 Å². The van der Waals surface area contributed by atoms with Crippen LogP contribution in [-0.4, -0.2) is 42.6 Å². The number of carbonyl (C=O) groups excluding carboxylic acids is 2. The number of Topliss-reactive ketones (excluding diaryl/α,β-unsaturated/α-hetero) is 1. The molecule has 0 spiro atoms. The van der Waals surface area contributed by atoms with E-state index in [1.54, 1.807) is 49.4 Å². The quantitative estimate of drug-likeness (QED) is 0.330. The third-order valence-corrected chi connectivity index (χ3v) is 6.35. The van der Waals surface area contributed by atoms with Crippen molar-refractivity contribution in [1.29, 1.82) is 0 Å². The Hall–Kier alpha value is -4.72. The summed E-state index contributed by atoms with van der Waals surface area (Å²) < 4.78 is 11.3. The number of anilines is 2. The van der Waals surface area contributed by atoms with E-state index in [-0.39, 0.29) is 22.8 Å². The smallest absolute Gasteiger partial charge is 0.294 e. The Balaban J connectivity index is 1.66. The number of furan rings is 1. The van der Waals surface area contributed by atoms with Crippen molar-refractivity contribution >= 4 is 34.0 Å². The summed E-state index contributed by atoms with van der Waals surface area (Å²) in [5.74, 6) is -1.83. The first-order valence-corrected chi connectivity index (χ1v) is 11.8. The molecule has 1 aliphatic heterocycles. The van der Waals surface area contributed by atoms with Gasteiger partial charge in [-0.1, -0.05) is 24.3 Å². The molecule has 0 saturated carbocycles. The number of para-hydroxylation sites is 1.